The first-order chi connectivity index (χ1) is 17.4. The van der Waals surface area contributed by atoms with Gasteiger partial charge < -0.3 is 20.4 Å². The Morgan fingerprint density at radius 3 is 0.825 bits per heavy atom. The minimum absolute atomic E-state index is 0. The molecular formula is C35H59O4P. The van der Waals surface area contributed by atoms with Crippen molar-refractivity contribution in [3.8, 4) is 0 Å². The Balaban J connectivity index is 0.00000800. The van der Waals surface area contributed by atoms with Crippen LogP contribution in [0.25, 0.3) is 0 Å². The van der Waals surface area contributed by atoms with Crippen LogP contribution in [0.4, 0.5) is 0 Å². The maximum atomic E-state index is 13.7. The molecular weight excluding hydrogens is 515 g/mol. The van der Waals surface area contributed by atoms with Crippen LogP contribution in [0.3, 0.4) is 0 Å². The van der Waals surface area contributed by atoms with Crippen LogP contribution in [0.1, 0.15) is 128 Å². The molecule has 0 aromatic heterocycles. The lowest BCUT2D eigenvalue weighted by Crippen LogP contribution is -2.57. The van der Waals surface area contributed by atoms with Gasteiger partial charge >= 0.3 is 0 Å². The number of hydrogen-bond donors (Lipinski definition) is 4. The molecule has 0 bridgehead atoms. The van der Waals surface area contributed by atoms with Gasteiger partial charge in [0.2, 0.25) is 0 Å². The van der Waals surface area contributed by atoms with Crippen molar-refractivity contribution in [3.05, 3.63) is 68.8 Å². The van der Waals surface area contributed by atoms with Crippen LogP contribution in [0.15, 0.2) is 24.3 Å². The average molecular weight is 575 g/mol. The first-order valence-electron chi connectivity index (χ1n) is 14.3. The van der Waals surface area contributed by atoms with E-state index in [0.717, 1.165) is 33.4 Å². The normalized spacial score (nSPS) is 13.8. The fourth-order valence-electron chi connectivity index (χ4n) is 5.87. The Morgan fingerprint density at radius 2 is 0.675 bits per heavy atom. The van der Waals surface area contributed by atoms with Gasteiger partial charge in [-0.15, -0.1) is 0 Å². The molecule has 1 unspecified atom stereocenters. The van der Waals surface area contributed by atoms with Gasteiger partial charge in [-0.1, -0.05) is 118 Å². The Bertz CT molecular complexity index is 1020. The fourth-order valence-corrected chi connectivity index (χ4v) is 5.87. The standard InChI is InChI=1S/C35H56O4.H3P/c1-22-15-24(30(3,4)5)28(25(16-22)31(6,7)8)35(39,34(19-36,20-37)21-38)29-26(32(9,10)11)17-23(2)18-27(29)33(12,13)14;/h15-18,36-39H,19-21H2,1-14H3;1H3. The summed E-state index contributed by atoms with van der Waals surface area (Å²) >= 11 is 0. The maximum absolute atomic E-state index is 13.7. The van der Waals surface area contributed by atoms with Gasteiger partial charge in [0, 0.05) is 0 Å². The van der Waals surface area contributed by atoms with Crippen LogP contribution < -0.4 is 0 Å². The highest BCUT2D eigenvalue weighted by Gasteiger charge is 2.57. The lowest BCUT2D eigenvalue weighted by molar-refractivity contribution is -0.138. The van der Waals surface area contributed by atoms with Crippen LogP contribution in [0.5, 0.6) is 0 Å². The predicted octanol–water partition coefficient (Wildman–Crippen LogP) is 6.75. The molecule has 0 saturated heterocycles. The minimum Gasteiger partial charge on any atom is -0.395 e. The van der Waals surface area contributed by atoms with E-state index in [4.69, 9.17) is 0 Å². The van der Waals surface area contributed by atoms with Crippen molar-refractivity contribution in [1.29, 1.82) is 0 Å². The second-order valence-corrected chi connectivity index (χ2v) is 15.9. The smallest absolute Gasteiger partial charge is 0.128 e. The fraction of sp³-hybridized carbons (Fsp3) is 0.657. The molecule has 0 radical (unpaired) electrons. The summed E-state index contributed by atoms with van der Waals surface area (Å²) < 4.78 is 0. The van der Waals surface area contributed by atoms with E-state index in [-0.39, 0.29) is 31.6 Å². The van der Waals surface area contributed by atoms with Gasteiger partial charge in [0.1, 0.15) is 5.60 Å². The summed E-state index contributed by atoms with van der Waals surface area (Å²) in [5, 5.41) is 46.9. The van der Waals surface area contributed by atoms with E-state index in [0.29, 0.717) is 11.1 Å². The van der Waals surface area contributed by atoms with Crippen LogP contribution in [-0.2, 0) is 27.3 Å². The summed E-state index contributed by atoms with van der Waals surface area (Å²) in [6.45, 7) is 27.9. The van der Waals surface area contributed by atoms with Crippen molar-refractivity contribution in [3.63, 3.8) is 0 Å². The monoisotopic (exact) mass is 574 g/mol. The molecule has 5 heteroatoms. The van der Waals surface area contributed by atoms with E-state index >= 15 is 0 Å². The number of hydrogen-bond acceptors (Lipinski definition) is 4. The molecule has 40 heavy (non-hydrogen) atoms. The molecule has 4 nitrogen and oxygen atoms in total. The minimum atomic E-state index is -1.93. The molecule has 4 N–H and O–H groups in total. The van der Waals surface area contributed by atoms with Crippen molar-refractivity contribution in [2.75, 3.05) is 19.8 Å². The van der Waals surface area contributed by atoms with E-state index in [2.05, 4.69) is 121 Å². The summed E-state index contributed by atoms with van der Waals surface area (Å²) in [7, 11) is 0. The first kappa shape index (κ1) is 36.7. The molecule has 0 aliphatic carbocycles. The van der Waals surface area contributed by atoms with Gasteiger partial charge in [-0.3, -0.25) is 0 Å². The lowest BCUT2D eigenvalue weighted by atomic mass is 9.56. The Kier molecular flexibility index (Phi) is 10.8. The second kappa shape index (κ2) is 11.8. The van der Waals surface area contributed by atoms with Crippen LogP contribution >= 0.6 is 9.90 Å². The number of rotatable bonds is 6. The summed E-state index contributed by atoms with van der Waals surface area (Å²) in [6.07, 6.45) is 0. The van der Waals surface area contributed by atoms with E-state index in [9.17, 15) is 20.4 Å². The van der Waals surface area contributed by atoms with Gasteiger partial charge in [0.25, 0.3) is 0 Å². The molecule has 2 rings (SSSR count). The second-order valence-electron chi connectivity index (χ2n) is 15.9. The van der Waals surface area contributed by atoms with Crippen LogP contribution in [0.2, 0.25) is 0 Å². The van der Waals surface area contributed by atoms with Crippen molar-refractivity contribution < 1.29 is 20.4 Å². The zero-order valence-corrected chi connectivity index (χ0v) is 29.3. The third-order valence-corrected chi connectivity index (χ3v) is 8.20. The number of aliphatic hydroxyl groups is 4. The zero-order chi connectivity index (χ0) is 30.6. The molecule has 2 aromatic carbocycles. The average Bonchev–Trinajstić information content (AvgIpc) is 2.76. The highest BCUT2D eigenvalue weighted by atomic mass is 31.0. The largest absolute Gasteiger partial charge is 0.395 e. The van der Waals surface area contributed by atoms with Crippen molar-refractivity contribution in [1.82, 2.24) is 0 Å². The van der Waals surface area contributed by atoms with E-state index < -0.39 is 30.8 Å². The highest BCUT2D eigenvalue weighted by molar-refractivity contribution is 6.92. The van der Waals surface area contributed by atoms with E-state index in [1.165, 1.54) is 0 Å². The predicted molar refractivity (Wildman–Crippen MR) is 175 cm³/mol. The molecule has 0 aliphatic rings. The first-order valence-corrected chi connectivity index (χ1v) is 14.3. The van der Waals surface area contributed by atoms with Gasteiger partial charge in [-0.2, -0.15) is 9.90 Å². The Morgan fingerprint density at radius 1 is 0.475 bits per heavy atom. The van der Waals surface area contributed by atoms with Crippen molar-refractivity contribution in [2.45, 2.75) is 124 Å². The van der Waals surface area contributed by atoms with Gasteiger partial charge in [-0.25, -0.2) is 0 Å². The van der Waals surface area contributed by atoms with Crippen molar-refractivity contribution in [2.24, 2.45) is 5.41 Å². The van der Waals surface area contributed by atoms with Crippen LogP contribution in [-0.4, -0.2) is 40.2 Å². The quantitative estimate of drug-likeness (QED) is 0.288. The van der Waals surface area contributed by atoms with Gasteiger partial charge in [0.15, 0.2) is 0 Å². The summed E-state index contributed by atoms with van der Waals surface area (Å²) in [4.78, 5) is 0. The summed E-state index contributed by atoms with van der Waals surface area (Å²) in [6, 6.07) is 8.48. The SMILES string of the molecule is Cc1cc(C(C)(C)C)c(C(O)(c2c(C(C)(C)C)cc(C)cc2C(C)(C)C)C(CO)(CO)CO)c(C(C)(C)C)c1.P. The van der Waals surface area contributed by atoms with Crippen molar-refractivity contribution >= 4 is 9.90 Å². The molecule has 0 aliphatic heterocycles. The molecule has 0 amide bonds. The zero-order valence-electron chi connectivity index (χ0n) is 27.9. The molecule has 0 heterocycles. The number of aliphatic hydroxyl groups excluding tert-OH is 3. The van der Waals surface area contributed by atoms with E-state index in [1.54, 1.807) is 0 Å². The molecule has 2 aromatic rings. The number of benzene rings is 2. The van der Waals surface area contributed by atoms with E-state index in [1.807, 2.05) is 0 Å². The summed E-state index contributed by atoms with van der Waals surface area (Å²) in [5.41, 5.74) is 2.15. The molecule has 0 spiro atoms. The van der Waals surface area contributed by atoms with Gasteiger partial charge in [-0.05, 0) is 68.9 Å². The number of aryl methyl sites for hydroxylation is 2. The molecule has 0 saturated carbocycles. The molecule has 1 atom stereocenters. The summed E-state index contributed by atoms with van der Waals surface area (Å²) in [5.74, 6) is 0. The van der Waals surface area contributed by atoms with Gasteiger partial charge in [0.05, 0.1) is 25.2 Å². The Hall–Kier alpha value is -1.29. The third kappa shape index (κ3) is 6.52. The topological polar surface area (TPSA) is 80.9 Å². The molecule has 0 fully saturated rings. The lowest BCUT2D eigenvalue weighted by Gasteiger charge is -2.52. The third-order valence-electron chi connectivity index (χ3n) is 8.20. The molecule has 228 valence electrons. The van der Waals surface area contributed by atoms with Crippen LogP contribution in [0, 0.1) is 19.3 Å². The maximum Gasteiger partial charge on any atom is 0.128 e. The highest BCUT2D eigenvalue weighted by Crippen LogP contribution is 2.55. The Labute approximate surface area is 248 Å².